The minimum absolute atomic E-state index is 0.175. The minimum Gasteiger partial charge on any atom is -0.382 e. The number of nitrogens with one attached hydrogen (secondary N) is 1. The Balaban J connectivity index is 2.75. The summed E-state index contributed by atoms with van der Waals surface area (Å²) in [4.78, 5) is 11.7. The van der Waals surface area contributed by atoms with Crippen molar-refractivity contribution in [2.24, 2.45) is 0 Å². The van der Waals surface area contributed by atoms with Crippen LogP contribution in [0.2, 0.25) is 0 Å². The highest BCUT2D eigenvalue weighted by Crippen LogP contribution is 2.24. The summed E-state index contributed by atoms with van der Waals surface area (Å²) in [6, 6.07) is 9.00. The van der Waals surface area contributed by atoms with E-state index in [1.54, 1.807) is 31.2 Å². The maximum Gasteiger partial charge on any atom is 0.389 e. The monoisotopic (exact) mass is 289 g/mol. The molecular formula is C14H18F3NO2. The van der Waals surface area contributed by atoms with Crippen LogP contribution in [0.15, 0.2) is 30.3 Å². The molecule has 0 fully saturated rings. The van der Waals surface area contributed by atoms with Crippen LogP contribution in [0.5, 0.6) is 0 Å². The van der Waals surface area contributed by atoms with Crippen molar-refractivity contribution in [1.82, 2.24) is 5.32 Å². The molecule has 0 aliphatic carbocycles. The van der Waals surface area contributed by atoms with Gasteiger partial charge in [-0.25, -0.2) is 0 Å². The summed E-state index contributed by atoms with van der Waals surface area (Å²) < 4.78 is 41.4. The van der Waals surface area contributed by atoms with E-state index >= 15 is 0 Å². The van der Waals surface area contributed by atoms with Crippen LogP contribution in [-0.2, 0) is 15.1 Å². The first-order valence-electron chi connectivity index (χ1n) is 6.19. The number of benzene rings is 1. The molecule has 20 heavy (non-hydrogen) atoms. The van der Waals surface area contributed by atoms with Crippen molar-refractivity contribution in [3.63, 3.8) is 0 Å². The van der Waals surface area contributed by atoms with E-state index in [1.807, 2.05) is 6.07 Å². The summed E-state index contributed by atoms with van der Waals surface area (Å²) in [5.74, 6) is -0.647. The number of halogens is 3. The molecule has 0 heterocycles. The number of hydrogen-bond acceptors (Lipinski definition) is 2. The van der Waals surface area contributed by atoms with E-state index in [1.165, 1.54) is 7.11 Å². The highest BCUT2D eigenvalue weighted by molar-refractivity contribution is 5.77. The van der Waals surface area contributed by atoms with Gasteiger partial charge in [0, 0.05) is 13.5 Å². The molecule has 0 aliphatic rings. The van der Waals surface area contributed by atoms with Gasteiger partial charge in [-0.2, -0.15) is 13.2 Å². The van der Waals surface area contributed by atoms with Gasteiger partial charge in [-0.3, -0.25) is 4.79 Å². The van der Waals surface area contributed by atoms with Gasteiger partial charge in [0.25, 0.3) is 0 Å². The molecule has 0 radical (unpaired) electrons. The summed E-state index contributed by atoms with van der Waals surface area (Å²) in [6.45, 7) is 1.89. The van der Waals surface area contributed by atoms with Crippen LogP contribution in [0.4, 0.5) is 13.2 Å². The fourth-order valence-electron chi connectivity index (χ4n) is 1.91. The third kappa shape index (κ3) is 5.21. The zero-order valence-corrected chi connectivity index (χ0v) is 11.5. The normalized spacial score (nSPS) is 14.7. The maximum atomic E-state index is 12.1. The molecule has 1 aromatic rings. The first-order valence-corrected chi connectivity index (χ1v) is 6.19. The molecule has 1 aromatic carbocycles. The molecular weight excluding hydrogens is 271 g/mol. The topological polar surface area (TPSA) is 38.3 Å². The average molecular weight is 289 g/mol. The number of hydrogen-bond donors (Lipinski definition) is 1. The zero-order chi connectivity index (χ0) is 15.2. The van der Waals surface area contributed by atoms with Gasteiger partial charge in [0.05, 0.1) is 18.6 Å². The Morgan fingerprint density at radius 3 is 2.35 bits per heavy atom. The molecule has 0 unspecified atom stereocenters. The van der Waals surface area contributed by atoms with Gasteiger partial charge in [-0.05, 0) is 12.5 Å². The Morgan fingerprint density at radius 1 is 1.25 bits per heavy atom. The van der Waals surface area contributed by atoms with E-state index in [0.29, 0.717) is 0 Å². The van der Waals surface area contributed by atoms with E-state index in [4.69, 9.17) is 4.74 Å². The van der Waals surface area contributed by atoms with Gasteiger partial charge < -0.3 is 10.1 Å². The first-order chi connectivity index (χ1) is 9.27. The van der Waals surface area contributed by atoms with Crippen molar-refractivity contribution < 1.29 is 22.7 Å². The van der Waals surface area contributed by atoms with E-state index in [-0.39, 0.29) is 6.61 Å². The zero-order valence-electron chi connectivity index (χ0n) is 11.5. The van der Waals surface area contributed by atoms with Crippen LogP contribution in [0, 0.1) is 0 Å². The van der Waals surface area contributed by atoms with Crippen LogP contribution in [0.3, 0.4) is 0 Å². The lowest BCUT2D eigenvalue weighted by molar-refractivity contribution is -0.145. The summed E-state index contributed by atoms with van der Waals surface area (Å²) in [5.41, 5.74) is -0.0687. The quantitative estimate of drug-likeness (QED) is 0.874. The highest BCUT2D eigenvalue weighted by atomic mass is 19.4. The smallest absolute Gasteiger partial charge is 0.382 e. The lowest BCUT2D eigenvalue weighted by Crippen LogP contribution is -2.47. The number of carbonyl (C=O) groups is 1. The second kappa shape index (κ2) is 6.74. The fraction of sp³-hybridized carbons (Fsp3) is 0.500. The molecule has 1 amide bonds. The van der Waals surface area contributed by atoms with E-state index in [2.05, 4.69) is 5.32 Å². The van der Waals surface area contributed by atoms with Crippen molar-refractivity contribution in [1.29, 1.82) is 0 Å². The van der Waals surface area contributed by atoms with Gasteiger partial charge in [-0.15, -0.1) is 0 Å². The molecule has 0 aromatic heterocycles. The number of alkyl halides is 3. The van der Waals surface area contributed by atoms with E-state index in [0.717, 1.165) is 5.56 Å². The predicted molar refractivity (Wildman–Crippen MR) is 69.1 cm³/mol. The molecule has 1 rings (SSSR count). The molecule has 0 bridgehead atoms. The first kappa shape index (κ1) is 16.5. The van der Waals surface area contributed by atoms with E-state index in [9.17, 15) is 18.0 Å². The Kier molecular flexibility index (Phi) is 5.56. The highest BCUT2D eigenvalue weighted by Gasteiger charge is 2.32. The average Bonchev–Trinajstić information content (AvgIpc) is 2.37. The van der Waals surface area contributed by atoms with Crippen molar-refractivity contribution in [3.05, 3.63) is 35.9 Å². The summed E-state index contributed by atoms with van der Waals surface area (Å²) >= 11 is 0. The molecule has 3 nitrogen and oxygen atoms in total. The van der Waals surface area contributed by atoms with Crippen molar-refractivity contribution in [2.45, 2.75) is 31.5 Å². The SMILES string of the molecule is COC[C@@](C)(NC(=O)CCC(F)(F)F)c1ccccc1. The summed E-state index contributed by atoms with van der Waals surface area (Å²) in [6.07, 6.45) is -6.05. The molecule has 0 aliphatic heterocycles. The number of ether oxygens (including phenoxy) is 1. The van der Waals surface area contributed by atoms with E-state index < -0.39 is 30.5 Å². The Bertz CT molecular complexity index is 434. The summed E-state index contributed by atoms with van der Waals surface area (Å²) in [5, 5.41) is 2.62. The number of rotatable bonds is 6. The van der Waals surface area contributed by atoms with Gasteiger partial charge in [0.15, 0.2) is 0 Å². The Hall–Kier alpha value is -1.56. The standard InChI is InChI=1S/C14H18F3NO2/c1-13(10-20-2,11-6-4-3-5-7-11)18-12(19)8-9-14(15,16)17/h3-7H,8-10H2,1-2H3,(H,18,19)/t13-/m1/s1. The Labute approximate surface area is 116 Å². The van der Waals surface area contributed by atoms with Gasteiger partial charge in [0.1, 0.15) is 0 Å². The van der Waals surface area contributed by atoms with Crippen LogP contribution in [-0.4, -0.2) is 25.8 Å². The molecule has 6 heteroatoms. The molecule has 1 N–H and O–H groups in total. The fourth-order valence-corrected chi connectivity index (χ4v) is 1.91. The lowest BCUT2D eigenvalue weighted by atomic mass is 9.92. The summed E-state index contributed by atoms with van der Waals surface area (Å²) in [7, 11) is 1.48. The van der Waals surface area contributed by atoms with Crippen molar-refractivity contribution in [2.75, 3.05) is 13.7 Å². The lowest BCUT2D eigenvalue weighted by Gasteiger charge is -2.31. The molecule has 0 saturated heterocycles. The van der Waals surface area contributed by atoms with Crippen molar-refractivity contribution >= 4 is 5.91 Å². The molecule has 112 valence electrons. The number of carbonyl (C=O) groups excluding carboxylic acids is 1. The molecule has 0 spiro atoms. The molecule has 0 saturated carbocycles. The van der Waals surface area contributed by atoms with Crippen LogP contribution in [0.1, 0.15) is 25.3 Å². The number of methoxy groups -OCH3 is 1. The third-order valence-electron chi connectivity index (χ3n) is 2.89. The minimum atomic E-state index is -4.33. The number of amides is 1. The third-order valence-corrected chi connectivity index (χ3v) is 2.89. The van der Waals surface area contributed by atoms with Gasteiger partial charge in [-0.1, -0.05) is 30.3 Å². The Morgan fingerprint density at radius 2 is 1.85 bits per heavy atom. The van der Waals surface area contributed by atoms with Crippen LogP contribution < -0.4 is 5.32 Å². The second-order valence-electron chi connectivity index (χ2n) is 4.79. The maximum absolute atomic E-state index is 12.1. The van der Waals surface area contributed by atoms with Gasteiger partial charge in [0.2, 0.25) is 5.91 Å². The van der Waals surface area contributed by atoms with Gasteiger partial charge >= 0.3 is 6.18 Å². The van der Waals surface area contributed by atoms with Crippen LogP contribution in [0.25, 0.3) is 0 Å². The predicted octanol–water partition coefficient (Wildman–Crippen LogP) is 3.01. The second-order valence-corrected chi connectivity index (χ2v) is 4.79. The molecule has 1 atom stereocenters. The largest absolute Gasteiger partial charge is 0.389 e. The van der Waals surface area contributed by atoms with Crippen molar-refractivity contribution in [3.8, 4) is 0 Å². The van der Waals surface area contributed by atoms with Crippen LogP contribution >= 0.6 is 0 Å².